The van der Waals surface area contributed by atoms with Crippen LogP contribution in [-0.4, -0.2) is 304 Å². The maximum atomic E-state index is 13.9. The van der Waals surface area contributed by atoms with Crippen LogP contribution in [0.25, 0.3) is 0 Å². The third kappa shape index (κ3) is 37.1. The number of esters is 9. The Kier molecular flexibility index (Phi) is 42.7. The van der Waals surface area contributed by atoms with Crippen molar-refractivity contribution in [3.8, 4) is 0 Å². The molecule has 3 saturated heterocycles. The lowest BCUT2D eigenvalue weighted by atomic mass is 9.96. The molecular formula is C66H102N8O35. The Bertz CT molecular complexity index is 3090. The summed E-state index contributed by atoms with van der Waals surface area (Å²) in [6, 6.07) is -6.48. The van der Waals surface area contributed by atoms with Crippen molar-refractivity contribution in [2.75, 3.05) is 98.9 Å². The molecular weight excluding hydrogens is 1460 g/mol. The summed E-state index contributed by atoms with van der Waals surface area (Å²) in [4.78, 5) is 212. The van der Waals surface area contributed by atoms with E-state index < -0.39 is 231 Å². The number of ether oxygens (including phenoxy) is 18. The monoisotopic (exact) mass is 1570 g/mol. The number of nitrogens with one attached hydrogen (secondary N) is 8. The van der Waals surface area contributed by atoms with E-state index in [0.717, 1.165) is 76.2 Å². The van der Waals surface area contributed by atoms with Crippen LogP contribution >= 0.6 is 0 Å². The van der Waals surface area contributed by atoms with E-state index >= 15 is 0 Å². The Morgan fingerprint density at radius 2 is 0.578 bits per heavy atom. The second-order valence-corrected chi connectivity index (χ2v) is 24.5. The highest BCUT2D eigenvalue weighted by Crippen LogP contribution is 2.31. The number of rotatable bonds is 46. The van der Waals surface area contributed by atoms with E-state index in [1.165, 1.54) is 13.8 Å². The molecule has 0 aromatic rings. The lowest BCUT2D eigenvalue weighted by Crippen LogP contribution is -2.66. The number of carbonyl (C=O) groups excluding carboxylic acids is 17. The van der Waals surface area contributed by atoms with Gasteiger partial charge in [0.1, 0.15) is 68.3 Å². The van der Waals surface area contributed by atoms with Crippen molar-refractivity contribution in [2.45, 2.75) is 220 Å². The summed E-state index contributed by atoms with van der Waals surface area (Å²) in [7, 11) is 0. The van der Waals surface area contributed by atoms with Crippen LogP contribution in [0.5, 0.6) is 0 Å². The van der Waals surface area contributed by atoms with Gasteiger partial charge in [0.25, 0.3) is 0 Å². The van der Waals surface area contributed by atoms with Crippen molar-refractivity contribution >= 4 is 101 Å². The zero-order valence-electron chi connectivity index (χ0n) is 63.0. The van der Waals surface area contributed by atoms with E-state index in [-0.39, 0.29) is 98.4 Å². The minimum Gasteiger partial charge on any atom is -0.463 e. The predicted molar refractivity (Wildman–Crippen MR) is 359 cm³/mol. The third-order valence-electron chi connectivity index (χ3n) is 15.1. The van der Waals surface area contributed by atoms with Crippen LogP contribution in [0.2, 0.25) is 0 Å². The molecule has 3 aliphatic rings. The molecule has 0 radical (unpaired) electrons. The van der Waals surface area contributed by atoms with Crippen LogP contribution in [-0.2, 0) is 167 Å². The van der Waals surface area contributed by atoms with E-state index in [2.05, 4.69) is 42.5 Å². The van der Waals surface area contributed by atoms with E-state index in [1.54, 1.807) is 0 Å². The highest BCUT2D eigenvalue weighted by Gasteiger charge is 2.54. The molecule has 43 nitrogen and oxygen atoms in total. The zero-order valence-corrected chi connectivity index (χ0v) is 63.0. The minimum absolute atomic E-state index is 0.0912. The van der Waals surface area contributed by atoms with Gasteiger partial charge in [-0.25, -0.2) is 0 Å². The summed E-state index contributed by atoms with van der Waals surface area (Å²) in [6.45, 7) is 11.0. The number of hydrogen-bond donors (Lipinski definition) is 8. The second kappa shape index (κ2) is 49.6. The fourth-order valence-corrected chi connectivity index (χ4v) is 11.0. The number of carbonyl (C=O) groups is 17. The molecule has 0 aliphatic carbocycles. The highest BCUT2D eigenvalue weighted by atomic mass is 16.7. The van der Waals surface area contributed by atoms with Gasteiger partial charge < -0.3 is 128 Å². The standard InChI is InChI=1S/C66H102N8O35/c1-33(75)70-46(62(90)68-19-22-93-25-28-96-65-54(72-35(3)77)60(105-44(12)86)57(102-41(9)83)49(108-65)31-99-38(6)80)15-17-52(89)74-47(63(91)69-20-23-94-26-29-97-66-55(73-36(4)78)61(106-45(13)87)58(103-42(10)84)50(109-66)32-100-39(7)81)14-16-51(88)67-18-21-92-24-27-95-64-53(71-34(2)76)59(104-43(11)85)56(101-40(8)82)48(107-64)30-98-37(5)79/h46-50,53-61,64-66H,14-32H2,1-13H3,(H,67,88)(H,68,90)(H,69,91)(H,70,75)(H,71,76)(H,72,77)(H,73,78)(H,74,89)/t46-,47-,48?,49?,50?,53?,54?,55?,56?,57?,58?,59?,60?,61?,64?,65?,66?/m0/s1. The molecule has 0 saturated carbocycles. The van der Waals surface area contributed by atoms with Crippen LogP contribution in [0.4, 0.5) is 0 Å². The maximum Gasteiger partial charge on any atom is 0.303 e. The van der Waals surface area contributed by atoms with Crippen LogP contribution in [0.1, 0.15) is 116 Å². The summed E-state index contributed by atoms with van der Waals surface area (Å²) in [5, 5.41) is 20.6. The molecule has 17 atom stereocenters. The molecule has 109 heavy (non-hydrogen) atoms. The highest BCUT2D eigenvalue weighted by molar-refractivity contribution is 5.90. The molecule has 15 unspecified atom stereocenters. The molecule has 616 valence electrons. The van der Waals surface area contributed by atoms with Crippen molar-refractivity contribution < 1.29 is 167 Å². The Morgan fingerprint density at radius 3 is 0.853 bits per heavy atom. The van der Waals surface area contributed by atoms with Crippen molar-refractivity contribution in [2.24, 2.45) is 0 Å². The summed E-state index contributed by atoms with van der Waals surface area (Å²) < 4.78 is 100. The molecule has 43 heteroatoms. The van der Waals surface area contributed by atoms with Gasteiger partial charge in [0.15, 0.2) is 55.5 Å². The minimum atomic E-state index is -1.41. The van der Waals surface area contributed by atoms with E-state index in [0.29, 0.717) is 0 Å². The molecule has 0 aromatic carbocycles. The second-order valence-electron chi connectivity index (χ2n) is 24.5. The summed E-state index contributed by atoms with van der Waals surface area (Å²) >= 11 is 0. The normalized spacial score (nSPS) is 24.0. The lowest BCUT2D eigenvalue weighted by Gasteiger charge is -2.44. The average Bonchev–Trinajstić information content (AvgIpc) is 0.800. The first-order valence-electron chi connectivity index (χ1n) is 34.6. The van der Waals surface area contributed by atoms with Crippen molar-refractivity contribution in [1.82, 2.24) is 42.5 Å². The third-order valence-corrected chi connectivity index (χ3v) is 15.1. The van der Waals surface area contributed by atoms with Crippen LogP contribution in [0, 0.1) is 0 Å². The molecule has 0 spiro atoms. The van der Waals surface area contributed by atoms with Crippen LogP contribution in [0.3, 0.4) is 0 Å². The Morgan fingerprint density at radius 1 is 0.303 bits per heavy atom. The maximum absolute atomic E-state index is 13.9. The van der Waals surface area contributed by atoms with Gasteiger partial charge in [-0.1, -0.05) is 0 Å². The molecule has 0 bridgehead atoms. The van der Waals surface area contributed by atoms with Gasteiger partial charge in [0, 0.05) is 122 Å². The fraction of sp³-hybridized carbons (Fsp3) is 0.742. The smallest absolute Gasteiger partial charge is 0.303 e. The number of amides is 8. The van der Waals surface area contributed by atoms with Gasteiger partial charge in [-0.15, -0.1) is 0 Å². The van der Waals surface area contributed by atoms with Crippen LogP contribution < -0.4 is 42.5 Å². The Hall–Kier alpha value is -9.37. The largest absolute Gasteiger partial charge is 0.463 e. The van der Waals surface area contributed by atoms with Crippen molar-refractivity contribution in [1.29, 1.82) is 0 Å². The van der Waals surface area contributed by atoms with Gasteiger partial charge in [0.2, 0.25) is 47.3 Å². The van der Waals surface area contributed by atoms with Gasteiger partial charge in [0.05, 0.1) is 59.5 Å². The Labute approximate surface area is 627 Å². The van der Waals surface area contributed by atoms with Gasteiger partial charge in [-0.05, 0) is 12.8 Å². The molecule has 8 amide bonds. The fourth-order valence-electron chi connectivity index (χ4n) is 11.0. The first-order chi connectivity index (χ1) is 51.5. The van der Waals surface area contributed by atoms with Crippen molar-refractivity contribution in [3.63, 3.8) is 0 Å². The van der Waals surface area contributed by atoms with Gasteiger partial charge >= 0.3 is 53.7 Å². The van der Waals surface area contributed by atoms with Gasteiger partial charge in [-0.2, -0.15) is 0 Å². The molecule has 3 heterocycles. The molecule has 0 aromatic heterocycles. The molecule has 8 N–H and O–H groups in total. The topological polar surface area (TPSA) is 553 Å². The van der Waals surface area contributed by atoms with Crippen molar-refractivity contribution in [3.05, 3.63) is 0 Å². The zero-order chi connectivity index (χ0) is 81.4. The SMILES string of the molecule is CC(=O)NC1C(OCCOCCNC(=O)CC[C@H](NC(=O)CC[C@H](NC(C)=O)C(=O)NCCOCCOC2OC(COC(C)=O)C(OC(C)=O)C(OC(C)=O)C2NC(C)=O)C(=O)NCCOCCOC2OC(COC(C)=O)C(OC(C)=O)C(OC(C)=O)C2NC(C)=O)OC(COC(C)=O)C(OC(C)=O)C1OC(C)=O. The van der Waals surface area contributed by atoms with E-state index in [1.807, 2.05) is 0 Å². The average molecular weight is 1570 g/mol. The first kappa shape index (κ1) is 93.8. The van der Waals surface area contributed by atoms with E-state index in [9.17, 15) is 81.5 Å². The lowest BCUT2D eigenvalue weighted by molar-refractivity contribution is -0.279. The first-order valence-corrected chi connectivity index (χ1v) is 34.6. The van der Waals surface area contributed by atoms with Gasteiger partial charge in [-0.3, -0.25) is 81.5 Å². The Balaban J connectivity index is 1.69. The molecule has 3 rings (SSSR count). The quantitative estimate of drug-likeness (QED) is 0.0161. The summed E-state index contributed by atoms with van der Waals surface area (Å²) in [5.74, 6) is -12.4. The summed E-state index contributed by atoms with van der Waals surface area (Å²) in [5.41, 5.74) is 0. The number of hydrogen-bond acceptors (Lipinski definition) is 35. The summed E-state index contributed by atoms with van der Waals surface area (Å²) in [6.07, 6.45) is -17.6. The molecule has 3 fully saturated rings. The predicted octanol–water partition coefficient (Wildman–Crippen LogP) is -5.05. The molecule has 3 aliphatic heterocycles. The van der Waals surface area contributed by atoms with Crippen LogP contribution in [0.15, 0.2) is 0 Å². The van der Waals surface area contributed by atoms with E-state index in [4.69, 9.17) is 85.3 Å².